The van der Waals surface area contributed by atoms with Crippen LogP contribution in [0.15, 0.2) is 23.6 Å². The Balaban J connectivity index is 2.01. The van der Waals surface area contributed by atoms with Crippen molar-refractivity contribution in [1.29, 1.82) is 0 Å². The largest absolute Gasteiger partial charge is 0.383 e. The zero-order valence-electron chi connectivity index (χ0n) is 16.7. The number of nitrogens with one attached hydrogen (secondary N) is 2. The van der Waals surface area contributed by atoms with E-state index in [1.165, 1.54) is 11.3 Å². The maximum atomic E-state index is 12.9. The summed E-state index contributed by atoms with van der Waals surface area (Å²) < 4.78 is 9.99. The molecular formula is C19H24Cl2N4O4S. The molecule has 11 heteroatoms. The smallest absolute Gasteiger partial charge is 0.273 e. The number of methoxy groups -OCH3 is 2. The molecule has 0 aliphatic rings. The van der Waals surface area contributed by atoms with E-state index in [9.17, 15) is 9.59 Å². The van der Waals surface area contributed by atoms with Gasteiger partial charge in [-0.15, -0.1) is 11.3 Å². The third-order valence-corrected chi connectivity index (χ3v) is 5.31. The van der Waals surface area contributed by atoms with Crippen LogP contribution in [0.3, 0.4) is 0 Å². The molecule has 1 aromatic carbocycles. The van der Waals surface area contributed by atoms with E-state index >= 15 is 0 Å². The molecular weight excluding hydrogens is 451 g/mol. The van der Waals surface area contributed by atoms with Crippen LogP contribution in [0.25, 0.3) is 0 Å². The van der Waals surface area contributed by atoms with Crippen molar-refractivity contribution in [3.05, 3.63) is 39.3 Å². The number of nitrogens with zero attached hydrogens (tertiary/aromatic N) is 2. The van der Waals surface area contributed by atoms with Crippen LogP contribution in [-0.4, -0.2) is 68.8 Å². The van der Waals surface area contributed by atoms with Gasteiger partial charge < -0.3 is 25.0 Å². The number of thiazole rings is 1. The van der Waals surface area contributed by atoms with Crippen LogP contribution in [0, 0.1) is 0 Å². The standard InChI is InChI=1S/C19H24Cl2N4O4S/c1-28-9-6-22-17(26)5-7-25(8-10-29-2)18(27)16-12-30-19(24-16)23-15-11-13(20)3-4-14(15)21/h3-4,11-12H,5-10H2,1-2H3,(H,22,26)(H,23,24). The average Bonchev–Trinajstić information content (AvgIpc) is 3.19. The van der Waals surface area contributed by atoms with Gasteiger partial charge in [0.25, 0.3) is 5.91 Å². The molecule has 0 atom stereocenters. The first kappa shape index (κ1) is 24.4. The quantitative estimate of drug-likeness (QED) is 0.457. The number of rotatable bonds is 12. The summed E-state index contributed by atoms with van der Waals surface area (Å²) in [5.41, 5.74) is 0.873. The van der Waals surface area contributed by atoms with Crippen molar-refractivity contribution >= 4 is 57.2 Å². The lowest BCUT2D eigenvalue weighted by Crippen LogP contribution is -2.38. The van der Waals surface area contributed by atoms with Gasteiger partial charge in [-0.05, 0) is 18.2 Å². The van der Waals surface area contributed by atoms with Gasteiger partial charge in [0.15, 0.2) is 5.13 Å². The highest BCUT2D eigenvalue weighted by Gasteiger charge is 2.20. The van der Waals surface area contributed by atoms with Crippen LogP contribution in [0.4, 0.5) is 10.8 Å². The number of carbonyl (C=O) groups excluding carboxylic acids is 2. The molecule has 0 radical (unpaired) electrons. The second-order valence-electron chi connectivity index (χ2n) is 6.16. The third-order valence-electron chi connectivity index (χ3n) is 3.98. The topological polar surface area (TPSA) is 92.8 Å². The summed E-state index contributed by atoms with van der Waals surface area (Å²) >= 11 is 13.4. The SMILES string of the molecule is COCCNC(=O)CCN(CCOC)C(=O)c1csc(Nc2cc(Cl)ccc2Cl)n1. The third kappa shape index (κ3) is 7.73. The number of ether oxygens (including phenoxy) is 2. The number of aromatic nitrogens is 1. The molecule has 2 N–H and O–H groups in total. The summed E-state index contributed by atoms with van der Waals surface area (Å²) in [6.45, 7) is 1.81. The zero-order chi connectivity index (χ0) is 21.9. The first-order valence-electron chi connectivity index (χ1n) is 9.16. The van der Waals surface area contributed by atoms with Crippen LogP contribution >= 0.6 is 34.5 Å². The van der Waals surface area contributed by atoms with Crippen molar-refractivity contribution in [1.82, 2.24) is 15.2 Å². The predicted octanol–water partition coefficient (Wildman–Crippen LogP) is 3.43. The molecule has 164 valence electrons. The molecule has 2 aromatic rings. The molecule has 0 bridgehead atoms. The Kier molecular flexibility index (Phi) is 10.3. The van der Waals surface area contributed by atoms with E-state index in [0.29, 0.717) is 47.2 Å². The van der Waals surface area contributed by atoms with Gasteiger partial charge in [0.05, 0.1) is 23.9 Å². The lowest BCUT2D eigenvalue weighted by atomic mass is 10.3. The Bertz CT molecular complexity index is 850. The van der Waals surface area contributed by atoms with E-state index < -0.39 is 0 Å². The summed E-state index contributed by atoms with van der Waals surface area (Å²) in [6.07, 6.45) is 0.173. The van der Waals surface area contributed by atoms with Crippen molar-refractivity contribution in [2.75, 3.05) is 52.4 Å². The van der Waals surface area contributed by atoms with Gasteiger partial charge in [-0.2, -0.15) is 0 Å². The minimum atomic E-state index is -0.279. The molecule has 0 unspecified atom stereocenters. The van der Waals surface area contributed by atoms with Crippen molar-refractivity contribution in [3.8, 4) is 0 Å². The minimum absolute atomic E-state index is 0.154. The van der Waals surface area contributed by atoms with Gasteiger partial charge in [-0.25, -0.2) is 4.98 Å². The van der Waals surface area contributed by atoms with E-state index in [0.717, 1.165) is 0 Å². The number of halogens is 2. The van der Waals surface area contributed by atoms with E-state index in [1.54, 1.807) is 42.7 Å². The zero-order valence-corrected chi connectivity index (χ0v) is 19.1. The van der Waals surface area contributed by atoms with Crippen LogP contribution in [0.1, 0.15) is 16.9 Å². The van der Waals surface area contributed by atoms with E-state index in [4.69, 9.17) is 32.7 Å². The van der Waals surface area contributed by atoms with Crippen LogP contribution in [-0.2, 0) is 14.3 Å². The van der Waals surface area contributed by atoms with Gasteiger partial charge in [0.1, 0.15) is 5.69 Å². The number of benzene rings is 1. The number of amides is 2. The van der Waals surface area contributed by atoms with Crippen LogP contribution < -0.4 is 10.6 Å². The summed E-state index contributed by atoms with van der Waals surface area (Å²) in [5.74, 6) is -0.434. The van der Waals surface area contributed by atoms with E-state index in [1.807, 2.05) is 0 Å². The molecule has 1 aromatic heterocycles. The second-order valence-corrected chi connectivity index (χ2v) is 7.87. The lowest BCUT2D eigenvalue weighted by molar-refractivity contribution is -0.121. The Morgan fingerprint density at radius 1 is 1.17 bits per heavy atom. The van der Waals surface area contributed by atoms with E-state index in [2.05, 4.69) is 15.6 Å². The number of carbonyl (C=O) groups is 2. The fourth-order valence-electron chi connectivity index (χ4n) is 2.43. The number of hydrogen-bond donors (Lipinski definition) is 2. The van der Waals surface area contributed by atoms with Crippen LogP contribution in [0.2, 0.25) is 10.0 Å². The van der Waals surface area contributed by atoms with Crippen LogP contribution in [0.5, 0.6) is 0 Å². The fraction of sp³-hybridized carbons (Fsp3) is 0.421. The van der Waals surface area contributed by atoms with Crippen molar-refractivity contribution in [2.45, 2.75) is 6.42 Å². The maximum absolute atomic E-state index is 12.9. The molecule has 0 fully saturated rings. The van der Waals surface area contributed by atoms with Gasteiger partial charge in [-0.3, -0.25) is 9.59 Å². The lowest BCUT2D eigenvalue weighted by Gasteiger charge is -2.21. The monoisotopic (exact) mass is 474 g/mol. The molecule has 0 spiro atoms. The fourth-order valence-corrected chi connectivity index (χ4v) is 3.47. The predicted molar refractivity (Wildman–Crippen MR) is 119 cm³/mol. The molecule has 0 aliphatic heterocycles. The molecule has 0 saturated heterocycles. The van der Waals surface area contributed by atoms with Crippen molar-refractivity contribution < 1.29 is 19.1 Å². The summed E-state index contributed by atoms with van der Waals surface area (Å²) in [7, 11) is 3.12. The number of anilines is 2. The maximum Gasteiger partial charge on any atom is 0.273 e. The molecule has 8 nitrogen and oxygen atoms in total. The van der Waals surface area contributed by atoms with Gasteiger partial charge in [-0.1, -0.05) is 23.2 Å². The Hall–Kier alpha value is -1.91. The normalized spacial score (nSPS) is 10.7. The Morgan fingerprint density at radius 2 is 1.93 bits per heavy atom. The highest BCUT2D eigenvalue weighted by atomic mass is 35.5. The first-order chi connectivity index (χ1) is 14.4. The van der Waals surface area contributed by atoms with Crippen molar-refractivity contribution in [3.63, 3.8) is 0 Å². The van der Waals surface area contributed by atoms with Gasteiger partial charge >= 0.3 is 0 Å². The van der Waals surface area contributed by atoms with Gasteiger partial charge in [0.2, 0.25) is 5.91 Å². The summed E-state index contributed by atoms with van der Waals surface area (Å²) in [5, 5.41) is 8.99. The summed E-state index contributed by atoms with van der Waals surface area (Å²) in [4.78, 5) is 30.7. The molecule has 1 heterocycles. The molecule has 0 saturated carbocycles. The minimum Gasteiger partial charge on any atom is -0.383 e. The molecule has 0 aliphatic carbocycles. The van der Waals surface area contributed by atoms with Gasteiger partial charge in [0, 0.05) is 50.7 Å². The highest BCUT2D eigenvalue weighted by molar-refractivity contribution is 7.14. The summed E-state index contributed by atoms with van der Waals surface area (Å²) in [6, 6.07) is 5.04. The average molecular weight is 475 g/mol. The Morgan fingerprint density at radius 3 is 2.67 bits per heavy atom. The first-order valence-corrected chi connectivity index (χ1v) is 10.8. The molecule has 2 amide bonds. The Labute approximate surface area is 189 Å². The molecule has 2 rings (SSSR count). The highest BCUT2D eigenvalue weighted by Crippen LogP contribution is 2.29. The molecule has 30 heavy (non-hydrogen) atoms. The van der Waals surface area contributed by atoms with Crippen molar-refractivity contribution in [2.24, 2.45) is 0 Å². The van der Waals surface area contributed by atoms with E-state index in [-0.39, 0.29) is 30.5 Å². The second kappa shape index (κ2) is 12.7. The number of hydrogen-bond acceptors (Lipinski definition) is 7.